The van der Waals surface area contributed by atoms with Gasteiger partial charge < -0.3 is 28.8 Å². The molecule has 6 rings (SSSR count). The Kier molecular flexibility index (Phi) is 3.02. The average molecular weight is 390 g/mol. The molecular formula is C20H22O8. The standard InChI is InChI=1S/C20H22O8/c1-9-4-14(21)19-8-26-17(23)20(19,24)15-11(27-15)5-13(19)18(9)6-12(28-16(18)22)10-2-3-25-7-10/h2-3,7,9,11-15,21,24H,4-6,8H2,1H3. The normalized spacial score (nSPS) is 54.0. The van der Waals surface area contributed by atoms with Crippen molar-refractivity contribution in [3.63, 3.8) is 0 Å². The fourth-order valence-electron chi connectivity index (χ4n) is 6.83. The second kappa shape index (κ2) is 4.98. The van der Waals surface area contributed by atoms with E-state index >= 15 is 0 Å². The molecule has 150 valence electrons. The van der Waals surface area contributed by atoms with E-state index in [4.69, 9.17) is 18.6 Å². The number of carbonyl (C=O) groups is 2. The zero-order valence-electron chi connectivity index (χ0n) is 15.4. The van der Waals surface area contributed by atoms with Crippen molar-refractivity contribution < 1.29 is 38.4 Å². The van der Waals surface area contributed by atoms with Crippen LogP contribution in [0.2, 0.25) is 0 Å². The minimum Gasteiger partial charge on any atom is -0.472 e. The van der Waals surface area contributed by atoms with Crippen molar-refractivity contribution in [2.24, 2.45) is 22.7 Å². The van der Waals surface area contributed by atoms with Gasteiger partial charge in [0.05, 0.1) is 35.6 Å². The van der Waals surface area contributed by atoms with Gasteiger partial charge in [0, 0.05) is 12.0 Å². The van der Waals surface area contributed by atoms with E-state index in [1.807, 2.05) is 6.92 Å². The summed E-state index contributed by atoms with van der Waals surface area (Å²) in [5.41, 5.74) is -3.34. The number of epoxide rings is 1. The van der Waals surface area contributed by atoms with E-state index in [2.05, 4.69) is 0 Å². The monoisotopic (exact) mass is 390 g/mol. The Balaban J connectivity index is 1.51. The second-order valence-electron chi connectivity index (χ2n) is 9.11. The van der Waals surface area contributed by atoms with Crippen LogP contribution in [0.25, 0.3) is 0 Å². The SMILES string of the molecule is CC1CC(O)C23COC(=O)C2(O)C2OC2CC3C12CC(c1ccoc1)OC2=O. The van der Waals surface area contributed by atoms with E-state index in [-0.39, 0.29) is 31.0 Å². The number of carbonyl (C=O) groups excluding carboxylic acids is 2. The quantitative estimate of drug-likeness (QED) is 0.532. The Morgan fingerprint density at radius 3 is 2.79 bits per heavy atom. The van der Waals surface area contributed by atoms with Gasteiger partial charge in [-0.15, -0.1) is 0 Å². The first kappa shape index (κ1) is 17.0. The minimum absolute atomic E-state index is 0.112. The number of furan rings is 1. The van der Waals surface area contributed by atoms with Crippen LogP contribution in [0.15, 0.2) is 23.0 Å². The van der Waals surface area contributed by atoms with Crippen LogP contribution in [-0.4, -0.2) is 52.7 Å². The molecule has 4 heterocycles. The molecule has 2 spiro atoms. The van der Waals surface area contributed by atoms with Crippen LogP contribution in [0.1, 0.15) is 37.9 Å². The zero-order valence-corrected chi connectivity index (χ0v) is 15.4. The van der Waals surface area contributed by atoms with Crippen molar-refractivity contribution in [1.29, 1.82) is 0 Å². The van der Waals surface area contributed by atoms with Crippen molar-refractivity contribution in [1.82, 2.24) is 0 Å². The summed E-state index contributed by atoms with van der Waals surface area (Å²) in [7, 11) is 0. The average Bonchev–Trinajstić information content (AvgIpc) is 3.01. The molecule has 1 aromatic rings. The molecule has 3 saturated heterocycles. The third kappa shape index (κ3) is 1.62. The van der Waals surface area contributed by atoms with Crippen LogP contribution < -0.4 is 0 Å². The van der Waals surface area contributed by atoms with Crippen molar-refractivity contribution in [3.05, 3.63) is 24.2 Å². The maximum absolute atomic E-state index is 13.3. The van der Waals surface area contributed by atoms with E-state index < -0.39 is 46.6 Å². The van der Waals surface area contributed by atoms with Gasteiger partial charge in [0.25, 0.3) is 0 Å². The Labute approximate surface area is 160 Å². The smallest absolute Gasteiger partial charge is 0.341 e. The third-order valence-corrected chi connectivity index (χ3v) is 8.29. The van der Waals surface area contributed by atoms with E-state index in [1.54, 1.807) is 12.3 Å². The number of hydrogen-bond acceptors (Lipinski definition) is 8. The molecule has 0 radical (unpaired) electrons. The predicted octanol–water partition coefficient (Wildman–Crippen LogP) is 0.716. The number of fused-ring (bicyclic) bond motifs is 3. The Morgan fingerprint density at radius 2 is 2.04 bits per heavy atom. The molecule has 8 heteroatoms. The Hall–Kier alpha value is -1.90. The van der Waals surface area contributed by atoms with Crippen molar-refractivity contribution in [3.8, 4) is 0 Å². The summed E-state index contributed by atoms with van der Waals surface area (Å²) in [4.78, 5) is 25.9. The van der Waals surface area contributed by atoms with E-state index in [0.717, 1.165) is 5.56 Å². The van der Waals surface area contributed by atoms with E-state index in [9.17, 15) is 19.8 Å². The molecule has 9 unspecified atom stereocenters. The van der Waals surface area contributed by atoms with Crippen LogP contribution in [0.3, 0.4) is 0 Å². The lowest BCUT2D eigenvalue weighted by atomic mass is 9.42. The van der Waals surface area contributed by atoms with Gasteiger partial charge >= 0.3 is 11.9 Å². The summed E-state index contributed by atoms with van der Waals surface area (Å²) >= 11 is 0. The third-order valence-electron chi connectivity index (χ3n) is 8.29. The highest BCUT2D eigenvalue weighted by atomic mass is 16.6. The molecular weight excluding hydrogens is 368 g/mol. The summed E-state index contributed by atoms with van der Waals surface area (Å²) in [6.45, 7) is 1.82. The van der Waals surface area contributed by atoms with Gasteiger partial charge in [-0.1, -0.05) is 6.92 Å². The summed E-state index contributed by atoms with van der Waals surface area (Å²) < 4.78 is 21.9. The van der Waals surface area contributed by atoms with Gasteiger partial charge in [0.15, 0.2) is 0 Å². The van der Waals surface area contributed by atoms with Gasteiger partial charge in [0.1, 0.15) is 18.8 Å². The van der Waals surface area contributed by atoms with Gasteiger partial charge in [0.2, 0.25) is 5.60 Å². The van der Waals surface area contributed by atoms with Crippen LogP contribution in [0, 0.1) is 22.7 Å². The number of ether oxygens (including phenoxy) is 3. The molecule has 3 aliphatic heterocycles. The largest absolute Gasteiger partial charge is 0.472 e. The first-order valence-corrected chi connectivity index (χ1v) is 9.82. The van der Waals surface area contributed by atoms with Crippen molar-refractivity contribution >= 4 is 11.9 Å². The molecule has 5 aliphatic rings. The Bertz CT molecular complexity index is 866. The number of cyclic esters (lactones) is 2. The lowest BCUT2D eigenvalue weighted by molar-refractivity contribution is -0.226. The zero-order chi connectivity index (χ0) is 19.5. The molecule has 2 saturated carbocycles. The molecule has 8 nitrogen and oxygen atoms in total. The van der Waals surface area contributed by atoms with Gasteiger partial charge in [-0.3, -0.25) is 4.79 Å². The number of rotatable bonds is 1. The lowest BCUT2D eigenvalue weighted by Crippen LogP contribution is -2.72. The summed E-state index contributed by atoms with van der Waals surface area (Å²) in [6.07, 6.45) is 1.85. The summed E-state index contributed by atoms with van der Waals surface area (Å²) in [6, 6.07) is 1.77. The fourth-order valence-corrected chi connectivity index (χ4v) is 6.83. The molecule has 0 bridgehead atoms. The van der Waals surface area contributed by atoms with Crippen LogP contribution in [0.4, 0.5) is 0 Å². The number of aliphatic hydroxyl groups excluding tert-OH is 1. The van der Waals surface area contributed by atoms with E-state index in [0.29, 0.717) is 12.8 Å². The van der Waals surface area contributed by atoms with Gasteiger partial charge in [-0.25, -0.2) is 4.79 Å². The van der Waals surface area contributed by atoms with Gasteiger partial charge in [-0.2, -0.15) is 0 Å². The molecule has 0 aromatic carbocycles. The molecule has 1 aromatic heterocycles. The number of esters is 2. The summed E-state index contributed by atoms with van der Waals surface area (Å²) in [5, 5.41) is 22.6. The number of aliphatic hydroxyl groups is 2. The first-order valence-electron chi connectivity index (χ1n) is 9.82. The minimum atomic E-state index is -1.93. The topological polar surface area (TPSA) is 119 Å². The lowest BCUT2D eigenvalue weighted by Gasteiger charge is -2.59. The predicted molar refractivity (Wildman–Crippen MR) is 89.5 cm³/mol. The fraction of sp³-hybridized carbons (Fsp3) is 0.700. The molecule has 9 atom stereocenters. The molecule has 5 fully saturated rings. The highest BCUT2D eigenvalue weighted by Gasteiger charge is 2.85. The van der Waals surface area contributed by atoms with Crippen molar-refractivity contribution in [2.75, 3.05) is 6.61 Å². The highest BCUT2D eigenvalue weighted by Crippen LogP contribution is 2.71. The Morgan fingerprint density at radius 1 is 1.21 bits per heavy atom. The maximum atomic E-state index is 13.3. The van der Waals surface area contributed by atoms with Crippen LogP contribution >= 0.6 is 0 Å². The van der Waals surface area contributed by atoms with E-state index in [1.165, 1.54) is 6.26 Å². The summed E-state index contributed by atoms with van der Waals surface area (Å²) in [5.74, 6) is -1.77. The highest BCUT2D eigenvalue weighted by molar-refractivity contribution is 5.87. The number of hydrogen-bond donors (Lipinski definition) is 2. The van der Waals surface area contributed by atoms with Crippen molar-refractivity contribution in [2.45, 2.75) is 56.2 Å². The van der Waals surface area contributed by atoms with Gasteiger partial charge in [-0.05, 0) is 30.7 Å². The second-order valence-corrected chi connectivity index (χ2v) is 9.11. The first-order chi connectivity index (χ1) is 13.4. The van der Waals surface area contributed by atoms with Crippen LogP contribution in [0.5, 0.6) is 0 Å². The molecule has 2 N–H and O–H groups in total. The maximum Gasteiger partial charge on any atom is 0.341 e. The molecule has 0 amide bonds. The molecule has 28 heavy (non-hydrogen) atoms. The molecule has 2 aliphatic carbocycles. The van der Waals surface area contributed by atoms with Crippen LogP contribution in [-0.2, 0) is 23.8 Å².